The summed E-state index contributed by atoms with van der Waals surface area (Å²) in [5, 5.41) is 13.1. The van der Waals surface area contributed by atoms with Gasteiger partial charge in [-0.1, -0.05) is 66.1 Å². The molecule has 2 aliphatic rings. The monoisotopic (exact) mass is 430 g/mol. The highest BCUT2D eigenvalue weighted by Gasteiger charge is 2.32. The first kappa shape index (κ1) is 21.3. The van der Waals surface area contributed by atoms with Crippen molar-refractivity contribution >= 4 is 0 Å². The van der Waals surface area contributed by atoms with Crippen molar-refractivity contribution < 1.29 is 0 Å². The van der Waals surface area contributed by atoms with Gasteiger partial charge in [0.2, 0.25) is 0 Å². The van der Waals surface area contributed by atoms with E-state index in [1.165, 1.54) is 54.5 Å². The highest BCUT2D eigenvalue weighted by Crippen LogP contribution is 2.31. The van der Waals surface area contributed by atoms with Crippen LogP contribution in [0.25, 0.3) is 0 Å². The molecule has 1 saturated carbocycles. The minimum absolute atomic E-state index is 0.0636. The van der Waals surface area contributed by atoms with Gasteiger partial charge in [0.1, 0.15) is 0 Å². The average molecular weight is 431 g/mol. The first-order valence-corrected chi connectivity index (χ1v) is 12.0. The molecule has 1 atom stereocenters. The van der Waals surface area contributed by atoms with E-state index in [1.807, 2.05) is 10.7 Å². The predicted molar refractivity (Wildman–Crippen MR) is 127 cm³/mol. The molecule has 6 nitrogen and oxygen atoms in total. The SMILES string of the molecule is Cc1cc(C)cc(C(c2nnnn2Cc2ccccc2)N2CCCN(C3CCC3)CC2)c1. The maximum Gasteiger partial charge on any atom is 0.173 e. The zero-order valence-electron chi connectivity index (χ0n) is 19.3. The van der Waals surface area contributed by atoms with Crippen molar-refractivity contribution in [2.45, 2.75) is 58.2 Å². The summed E-state index contributed by atoms with van der Waals surface area (Å²) < 4.78 is 1.99. The third kappa shape index (κ3) is 4.62. The normalized spacial score (nSPS) is 19.4. The second kappa shape index (κ2) is 9.51. The molecule has 1 aromatic heterocycles. The van der Waals surface area contributed by atoms with Crippen LogP contribution >= 0.6 is 0 Å². The van der Waals surface area contributed by atoms with Gasteiger partial charge in [-0.25, -0.2) is 4.68 Å². The van der Waals surface area contributed by atoms with Crippen LogP contribution in [0.3, 0.4) is 0 Å². The molecule has 0 radical (unpaired) electrons. The van der Waals surface area contributed by atoms with Crippen molar-refractivity contribution in [2.75, 3.05) is 26.2 Å². The zero-order chi connectivity index (χ0) is 21.9. The highest BCUT2D eigenvalue weighted by atomic mass is 15.5. The summed E-state index contributed by atoms with van der Waals surface area (Å²) in [7, 11) is 0. The Kier molecular flexibility index (Phi) is 6.32. The van der Waals surface area contributed by atoms with Crippen LogP contribution in [0.5, 0.6) is 0 Å². The fourth-order valence-corrected chi connectivity index (χ4v) is 5.30. The van der Waals surface area contributed by atoms with Crippen LogP contribution in [0.4, 0.5) is 0 Å². The Morgan fingerprint density at radius 1 is 0.906 bits per heavy atom. The van der Waals surface area contributed by atoms with Crippen molar-refractivity contribution in [1.82, 2.24) is 30.0 Å². The molecular formula is C26H34N6. The van der Waals surface area contributed by atoms with Gasteiger partial charge in [-0.05, 0) is 61.2 Å². The largest absolute Gasteiger partial charge is 0.299 e. The van der Waals surface area contributed by atoms with Gasteiger partial charge >= 0.3 is 0 Å². The van der Waals surface area contributed by atoms with Crippen molar-refractivity contribution in [1.29, 1.82) is 0 Å². The lowest BCUT2D eigenvalue weighted by atomic mass is 9.91. The number of hydrogen-bond acceptors (Lipinski definition) is 5. The molecule has 0 bridgehead atoms. The van der Waals surface area contributed by atoms with Gasteiger partial charge in [-0.15, -0.1) is 5.10 Å². The van der Waals surface area contributed by atoms with E-state index in [-0.39, 0.29) is 6.04 Å². The van der Waals surface area contributed by atoms with Crippen LogP contribution in [0, 0.1) is 13.8 Å². The summed E-state index contributed by atoms with van der Waals surface area (Å²) >= 11 is 0. The number of benzene rings is 2. The lowest BCUT2D eigenvalue weighted by molar-refractivity contribution is 0.127. The number of tetrazole rings is 1. The maximum atomic E-state index is 4.58. The van der Waals surface area contributed by atoms with E-state index in [1.54, 1.807) is 0 Å². The number of aryl methyl sites for hydroxylation is 2. The summed E-state index contributed by atoms with van der Waals surface area (Å²) in [5.74, 6) is 0.941. The fourth-order valence-electron chi connectivity index (χ4n) is 5.30. The zero-order valence-corrected chi connectivity index (χ0v) is 19.3. The third-order valence-electron chi connectivity index (χ3n) is 7.06. The van der Waals surface area contributed by atoms with Crippen LogP contribution in [-0.2, 0) is 6.54 Å². The number of aromatic nitrogens is 4. The summed E-state index contributed by atoms with van der Waals surface area (Å²) in [6.07, 6.45) is 5.33. The van der Waals surface area contributed by atoms with Crippen LogP contribution in [0.1, 0.15) is 59.8 Å². The predicted octanol–water partition coefficient (Wildman–Crippen LogP) is 3.99. The van der Waals surface area contributed by atoms with Gasteiger partial charge in [0.05, 0.1) is 12.6 Å². The summed E-state index contributed by atoms with van der Waals surface area (Å²) in [6.45, 7) is 9.50. The molecule has 3 aromatic rings. The standard InChI is InChI=1S/C26H34N6/c1-20-16-21(2)18-23(17-20)25(31-13-7-12-30(14-15-31)24-10-6-11-24)26-27-28-29-32(26)19-22-8-4-3-5-9-22/h3-5,8-9,16-18,24-25H,6-7,10-15,19H2,1-2H3. The first-order chi connectivity index (χ1) is 15.7. The van der Waals surface area contributed by atoms with E-state index in [4.69, 9.17) is 0 Å². The van der Waals surface area contributed by atoms with Gasteiger partial charge in [0.25, 0.3) is 0 Å². The maximum absolute atomic E-state index is 4.58. The minimum atomic E-state index is 0.0636. The van der Waals surface area contributed by atoms with E-state index in [2.05, 4.69) is 81.6 Å². The summed E-state index contributed by atoms with van der Waals surface area (Å²) in [4.78, 5) is 5.33. The van der Waals surface area contributed by atoms with E-state index in [0.717, 1.165) is 31.5 Å². The smallest absolute Gasteiger partial charge is 0.173 e. The molecule has 0 N–H and O–H groups in total. The molecule has 2 heterocycles. The summed E-state index contributed by atoms with van der Waals surface area (Å²) in [6, 6.07) is 18.2. The Labute approximate surface area is 191 Å². The number of rotatable bonds is 6. The second-order valence-electron chi connectivity index (χ2n) is 9.51. The Hall–Kier alpha value is -2.57. The average Bonchev–Trinajstić information content (AvgIpc) is 3.04. The molecule has 32 heavy (non-hydrogen) atoms. The molecule has 5 rings (SSSR count). The minimum Gasteiger partial charge on any atom is -0.299 e. The van der Waals surface area contributed by atoms with Crippen molar-refractivity contribution in [3.05, 3.63) is 76.6 Å². The highest BCUT2D eigenvalue weighted by molar-refractivity contribution is 5.34. The molecule has 0 spiro atoms. The van der Waals surface area contributed by atoms with E-state index in [0.29, 0.717) is 6.54 Å². The van der Waals surface area contributed by atoms with E-state index >= 15 is 0 Å². The van der Waals surface area contributed by atoms with Crippen LogP contribution in [0.2, 0.25) is 0 Å². The van der Waals surface area contributed by atoms with Crippen LogP contribution in [-0.4, -0.2) is 62.2 Å². The molecule has 2 aromatic carbocycles. The number of nitrogens with zero attached hydrogens (tertiary/aromatic N) is 6. The lowest BCUT2D eigenvalue weighted by Gasteiger charge is -2.37. The second-order valence-corrected chi connectivity index (χ2v) is 9.51. The Bertz CT molecular complexity index is 1010. The van der Waals surface area contributed by atoms with Gasteiger partial charge in [0, 0.05) is 25.7 Å². The van der Waals surface area contributed by atoms with Crippen molar-refractivity contribution in [3.8, 4) is 0 Å². The van der Waals surface area contributed by atoms with Gasteiger partial charge in [-0.3, -0.25) is 9.80 Å². The molecule has 1 aliphatic carbocycles. The van der Waals surface area contributed by atoms with Crippen LogP contribution < -0.4 is 0 Å². The topological polar surface area (TPSA) is 50.1 Å². The molecular weight excluding hydrogens is 396 g/mol. The Balaban J connectivity index is 1.47. The Morgan fingerprint density at radius 3 is 2.41 bits per heavy atom. The first-order valence-electron chi connectivity index (χ1n) is 12.0. The van der Waals surface area contributed by atoms with E-state index in [9.17, 15) is 0 Å². The fraction of sp³-hybridized carbons (Fsp3) is 0.500. The molecule has 2 fully saturated rings. The Morgan fingerprint density at radius 2 is 1.69 bits per heavy atom. The molecule has 1 saturated heterocycles. The molecule has 168 valence electrons. The van der Waals surface area contributed by atoms with E-state index < -0.39 is 0 Å². The van der Waals surface area contributed by atoms with Crippen molar-refractivity contribution in [2.24, 2.45) is 0 Å². The quantitative estimate of drug-likeness (QED) is 0.592. The van der Waals surface area contributed by atoms with Gasteiger partial charge in [-0.2, -0.15) is 0 Å². The molecule has 1 unspecified atom stereocenters. The lowest BCUT2D eigenvalue weighted by Crippen LogP contribution is -2.42. The molecule has 0 amide bonds. The van der Waals surface area contributed by atoms with Gasteiger partial charge < -0.3 is 0 Å². The summed E-state index contributed by atoms with van der Waals surface area (Å²) in [5.41, 5.74) is 5.09. The molecule has 1 aliphatic heterocycles. The van der Waals surface area contributed by atoms with Crippen LogP contribution in [0.15, 0.2) is 48.5 Å². The van der Waals surface area contributed by atoms with Crippen molar-refractivity contribution in [3.63, 3.8) is 0 Å². The van der Waals surface area contributed by atoms with Gasteiger partial charge in [0.15, 0.2) is 5.82 Å². The molecule has 6 heteroatoms. The third-order valence-corrected chi connectivity index (χ3v) is 7.06. The number of hydrogen-bond donors (Lipinski definition) is 0.